The topological polar surface area (TPSA) is 26.3 Å². The number of carbonyl (C=O) groups excluding carboxylic acids is 1. The van der Waals surface area contributed by atoms with E-state index >= 15 is 0 Å². The van der Waals surface area contributed by atoms with E-state index < -0.39 is 8.32 Å². The fourth-order valence-corrected chi connectivity index (χ4v) is 3.31. The third-order valence-corrected chi connectivity index (χ3v) is 8.72. The van der Waals surface area contributed by atoms with Crippen LogP contribution >= 0.6 is 0 Å². The normalized spacial score (nSPS) is 29.6. The molecule has 2 rings (SSSR count). The summed E-state index contributed by atoms with van der Waals surface area (Å²) in [7, 11) is -1.76. The van der Waals surface area contributed by atoms with Crippen molar-refractivity contribution in [2.75, 3.05) is 0 Å². The summed E-state index contributed by atoms with van der Waals surface area (Å²) in [6.07, 6.45) is 4.12. The van der Waals surface area contributed by atoms with Crippen molar-refractivity contribution < 1.29 is 9.22 Å². The maximum atomic E-state index is 11.8. The molecule has 0 unspecified atom stereocenters. The van der Waals surface area contributed by atoms with Crippen LogP contribution in [0.1, 0.15) is 33.6 Å². The molecule has 2 atom stereocenters. The second kappa shape index (κ2) is 3.46. The van der Waals surface area contributed by atoms with Crippen LogP contribution < -0.4 is 0 Å². The second-order valence-electron chi connectivity index (χ2n) is 6.57. The molecule has 0 aliphatic heterocycles. The van der Waals surface area contributed by atoms with E-state index in [1.807, 2.05) is 0 Å². The van der Waals surface area contributed by atoms with E-state index in [2.05, 4.69) is 39.9 Å². The van der Waals surface area contributed by atoms with Crippen molar-refractivity contribution >= 4 is 14.1 Å². The molecule has 1 fully saturated rings. The van der Waals surface area contributed by atoms with Gasteiger partial charge in [-0.15, -0.1) is 0 Å². The monoisotopic (exact) mass is 238 g/mol. The minimum atomic E-state index is -1.76. The van der Waals surface area contributed by atoms with Crippen molar-refractivity contribution in [1.29, 1.82) is 0 Å². The van der Waals surface area contributed by atoms with E-state index in [0.717, 1.165) is 18.6 Å². The smallest absolute Gasteiger partial charge is 0.250 e. The van der Waals surface area contributed by atoms with Crippen LogP contribution in [0, 0.1) is 11.8 Å². The molecule has 2 aliphatic carbocycles. The van der Waals surface area contributed by atoms with E-state index in [1.54, 1.807) is 0 Å². The predicted molar refractivity (Wildman–Crippen MR) is 67.6 cm³/mol. The van der Waals surface area contributed by atoms with Crippen molar-refractivity contribution in [3.05, 3.63) is 11.8 Å². The summed E-state index contributed by atoms with van der Waals surface area (Å²) in [5.41, 5.74) is 0. The molecule has 0 spiro atoms. The SMILES string of the molecule is CC(C)(C)[Si](C)(C)OC1=C[C@@H]2CC[C@H]1C2=O. The molecule has 0 aromatic heterocycles. The Balaban J connectivity index is 2.13. The maximum Gasteiger partial charge on any atom is 0.250 e. The third-order valence-electron chi connectivity index (χ3n) is 4.36. The molecule has 0 aromatic rings. The first-order valence-electron chi connectivity index (χ1n) is 6.17. The number of allylic oxidation sites excluding steroid dienone is 2. The van der Waals surface area contributed by atoms with Crippen molar-refractivity contribution in [2.45, 2.75) is 51.7 Å². The lowest BCUT2D eigenvalue weighted by atomic mass is 10.1. The van der Waals surface area contributed by atoms with Crippen LogP contribution in [0.5, 0.6) is 0 Å². The molecule has 16 heavy (non-hydrogen) atoms. The van der Waals surface area contributed by atoms with Crippen molar-refractivity contribution in [2.24, 2.45) is 11.8 Å². The quantitative estimate of drug-likeness (QED) is 0.688. The zero-order valence-electron chi connectivity index (χ0n) is 11.0. The number of hydrogen-bond donors (Lipinski definition) is 0. The Bertz CT molecular complexity index is 349. The number of rotatable bonds is 2. The van der Waals surface area contributed by atoms with Crippen LogP contribution in [0.15, 0.2) is 11.8 Å². The molecule has 0 N–H and O–H groups in total. The van der Waals surface area contributed by atoms with Gasteiger partial charge in [0.25, 0.3) is 0 Å². The van der Waals surface area contributed by atoms with Crippen LogP contribution in [0.25, 0.3) is 0 Å². The average Bonchev–Trinajstić information content (AvgIpc) is 2.58. The first kappa shape index (κ1) is 11.9. The number of carbonyl (C=O) groups is 1. The largest absolute Gasteiger partial charge is 0.546 e. The maximum absolute atomic E-state index is 11.8. The summed E-state index contributed by atoms with van der Waals surface area (Å²) in [5.74, 6) is 1.66. The molecule has 0 amide bonds. The summed E-state index contributed by atoms with van der Waals surface area (Å²) >= 11 is 0. The highest BCUT2D eigenvalue weighted by Crippen LogP contribution is 2.45. The Morgan fingerprint density at radius 3 is 2.31 bits per heavy atom. The summed E-state index contributed by atoms with van der Waals surface area (Å²) in [4.78, 5) is 11.8. The van der Waals surface area contributed by atoms with Crippen LogP contribution in [0.3, 0.4) is 0 Å². The lowest BCUT2D eigenvalue weighted by Gasteiger charge is -2.38. The lowest BCUT2D eigenvalue weighted by molar-refractivity contribution is -0.121. The molecule has 90 valence electrons. The molecule has 0 saturated heterocycles. The van der Waals surface area contributed by atoms with E-state index in [0.29, 0.717) is 5.78 Å². The van der Waals surface area contributed by atoms with Gasteiger partial charge in [0, 0.05) is 5.92 Å². The van der Waals surface area contributed by atoms with Gasteiger partial charge in [-0.05, 0) is 37.0 Å². The Kier molecular flexibility index (Phi) is 2.57. The Morgan fingerprint density at radius 2 is 1.94 bits per heavy atom. The third kappa shape index (κ3) is 1.75. The lowest BCUT2D eigenvalue weighted by Crippen LogP contribution is -2.41. The molecule has 0 radical (unpaired) electrons. The molecule has 3 heteroatoms. The highest BCUT2D eigenvalue weighted by Gasteiger charge is 2.46. The van der Waals surface area contributed by atoms with Crippen molar-refractivity contribution in [3.63, 3.8) is 0 Å². The molecular formula is C13H22O2Si. The second-order valence-corrected chi connectivity index (χ2v) is 11.3. The molecule has 2 nitrogen and oxygen atoms in total. The van der Waals surface area contributed by atoms with Gasteiger partial charge in [0.1, 0.15) is 5.78 Å². The first-order valence-corrected chi connectivity index (χ1v) is 9.08. The summed E-state index contributed by atoms with van der Waals surface area (Å²) < 4.78 is 6.25. The van der Waals surface area contributed by atoms with E-state index in [4.69, 9.17) is 4.43 Å². The Labute approximate surface area is 99.2 Å². The van der Waals surface area contributed by atoms with Gasteiger partial charge in [-0.3, -0.25) is 4.79 Å². The van der Waals surface area contributed by atoms with Gasteiger partial charge in [0.2, 0.25) is 8.32 Å². The highest BCUT2D eigenvalue weighted by atomic mass is 28.4. The van der Waals surface area contributed by atoms with E-state index in [1.165, 1.54) is 0 Å². The van der Waals surface area contributed by atoms with E-state index in [9.17, 15) is 4.79 Å². The van der Waals surface area contributed by atoms with Crippen LogP contribution in [0.2, 0.25) is 18.1 Å². The van der Waals surface area contributed by atoms with Gasteiger partial charge in [-0.25, -0.2) is 0 Å². The van der Waals surface area contributed by atoms with Gasteiger partial charge in [-0.2, -0.15) is 0 Å². The van der Waals surface area contributed by atoms with Gasteiger partial charge >= 0.3 is 0 Å². The Hall–Kier alpha value is -0.573. The van der Waals surface area contributed by atoms with Gasteiger partial charge in [-0.1, -0.05) is 20.8 Å². The minimum absolute atomic E-state index is 0.0964. The van der Waals surface area contributed by atoms with Gasteiger partial charge in [0.15, 0.2) is 0 Å². The molecular weight excluding hydrogens is 216 g/mol. The minimum Gasteiger partial charge on any atom is -0.546 e. The number of Topliss-reactive ketones (excluding diaryl/α,β-unsaturated/α-hetero) is 1. The van der Waals surface area contributed by atoms with Crippen LogP contribution in [-0.2, 0) is 9.22 Å². The van der Waals surface area contributed by atoms with E-state index in [-0.39, 0.29) is 16.9 Å². The summed E-state index contributed by atoms with van der Waals surface area (Å²) in [6.45, 7) is 11.2. The molecule has 0 aromatic carbocycles. The standard InChI is InChI=1S/C13H22O2Si/c1-13(2,3)16(4,5)15-11-8-9-6-7-10(11)12(9)14/h8-10H,6-7H2,1-5H3/t9-,10+/m0/s1. The molecule has 1 saturated carbocycles. The zero-order valence-corrected chi connectivity index (χ0v) is 12.0. The highest BCUT2D eigenvalue weighted by molar-refractivity contribution is 6.74. The number of hydrogen-bond acceptors (Lipinski definition) is 2. The molecule has 2 bridgehead atoms. The number of fused-ring (bicyclic) bond motifs is 2. The number of ketones is 1. The van der Waals surface area contributed by atoms with Crippen molar-refractivity contribution in [1.82, 2.24) is 0 Å². The Morgan fingerprint density at radius 1 is 1.31 bits per heavy atom. The van der Waals surface area contributed by atoms with Gasteiger partial charge in [0.05, 0.1) is 11.7 Å². The molecule has 0 heterocycles. The fourth-order valence-electron chi connectivity index (χ4n) is 2.20. The summed E-state index contributed by atoms with van der Waals surface area (Å²) in [5, 5.41) is 0.207. The predicted octanol–water partition coefficient (Wildman–Crippen LogP) is 3.50. The van der Waals surface area contributed by atoms with Gasteiger partial charge < -0.3 is 4.43 Å². The van der Waals surface area contributed by atoms with Crippen molar-refractivity contribution in [3.8, 4) is 0 Å². The summed E-state index contributed by atoms with van der Waals surface area (Å²) in [6, 6.07) is 0. The van der Waals surface area contributed by atoms with Crippen LogP contribution in [0.4, 0.5) is 0 Å². The first-order chi connectivity index (χ1) is 7.22. The zero-order chi connectivity index (χ0) is 12.1. The average molecular weight is 238 g/mol. The van der Waals surface area contributed by atoms with Crippen LogP contribution in [-0.4, -0.2) is 14.1 Å². The molecule has 2 aliphatic rings. The fraction of sp³-hybridized carbons (Fsp3) is 0.769.